The topological polar surface area (TPSA) is 9.23 Å². The number of halogens is 1. The third-order valence-electron chi connectivity index (χ3n) is 5.12. The Hall–Kier alpha value is -2.87. The van der Waals surface area contributed by atoms with Gasteiger partial charge < -0.3 is 4.74 Å². The number of rotatable bonds is 6. The van der Waals surface area contributed by atoms with Crippen molar-refractivity contribution in [1.82, 2.24) is 0 Å². The van der Waals surface area contributed by atoms with Gasteiger partial charge in [0.25, 0.3) is 0 Å². The highest BCUT2D eigenvalue weighted by Crippen LogP contribution is 2.25. The first-order valence-corrected chi connectivity index (χ1v) is 12.2. The molecule has 0 saturated heterocycles. The summed E-state index contributed by atoms with van der Waals surface area (Å²) in [4.78, 5) is 0. The van der Waals surface area contributed by atoms with E-state index in [9.17, 15) is 4.39 Å². The van der Waals surface area contributed by atoms with E-state index in [2.05, 4.69) is 75.9 Å². The van der Waals surface area contributed by atoms with Gasteiger partial charge in [-0.15, -0.1) is 0 Å². The minimum absolute atomic E-state index is 0.197. The molecule has 0 aliphatic carbocycles. The summed E-state index contributed by atoms with van der Waals surface area (Å²) in [5.74, 6) is 1.41. The first-order chi connectivity index (χ1) is 16.0. The van der Waals surface area contributed by atoms with Crippen LogP contribution in [-0.4, -0.2) is 5.60 Å². The standard InChI is InChI=1S/C15H21FO.C9H12.C8H10/c1-11(9-12(2)17-15(3,4)5)13-7-6-8-14(16)10-13;1-8(2)9-6-4-3-5-7-9;1-2-8-6-4-3-5-7-8/h6-8,10-11H,2,9H2,1,3-5H3;3-8H,1-2H3;3-7H,2H2,1H3. The molecule has 0 aliphatic rings. The maximum atomic E-state index is 13.1. The van der Waals surface area contributed by atoms with Gasteiger partial charge in [0.2, 0.25) is 0 Å². The molecule has 1 atom stereocenters. The van der Waals surface area contributed by atoms with Crippen molar-refractivity contribution in [3.63, 3.8) is 0 Å². The summed E-state index contributed by atoms with van der Waals surface area (Å²) < 4.78 is 18.8. The summed E-state index contributed by atoms with van der Waals surface area (Å²) in [6.07, 6.45) is 1.85. The zero-order valence-electron chi connectivity index (χ0n) is 22.1. The maximum absolute atomic E-state index is 13.1. The van der Waals surface area contributed by atoms with Crippen LogP contribution in [0.2, 0.25) is 0 Å². The molecular weight excluding hydrogens is 419 g/mol. The van der Waals surface area contributed by atoms with Crippen molar-refractivity contribution in [2.45, 2.75) is 78.7 Å². The first-order valence-electron chi connectivity index (χ1n) is 12.2. The van der Waals surface area contributed by atoms with Crippen LogP contribution in [-0.2, 0) is 11.2 Å². The summed E-state index contributed by atoms with van der Waals surface area (Å²) in [7, 11) is 0. The Labute approximate surface area is 207 Å². The normalized spacial score (nSPS) is 11.4. The van der Waals surface area contributed by atoms with E-state index >= 15 is 0 Å². The first kappa shape index (κ1) is 29.2. The second-order valence-electron chi connectivity index (χ2n) is 9.82. The van der Waals surface area contributed by atoms with Crippen molar-refractivity contribution >= 4 is 0 Å². The lowest BCUT2D eigenvalue weighted by atomic mass is 9.97. The minimum Gasteiger partial charge on any atom is -0.493 e. The molecule has 0 fully saturated rings. The molecule has 0 N–H and O–H groups in total. The average Bonchev–Trinajstić information content (AvgIpc) is 2.80. The summed E-state index contributed by atoms with van der Waals surface area (Å²) in [6.45, 7) is 18.5. The lowest BCUT2D eigenvalue weighted by Gasteiger charge is -2.24. The molecule has 2 heteroatoms. The molecule has 3 rings (SSSR count). The zero-order chi connectivity index (χ0) is 25.6. The van der Waals surface area contributed by atoms with Crippen LogP contribution in [0.1, 0.15) is 83.4 Å². The van der Waals surface area contributed by atoms with Gasteiger partial charge in [-0.25, -0.2) is 4.39 Å². The molecule has 0 bridgehead atoms. The largest absolute Gasteiger partial charge is 0.493 e. The Bertz CT molecular complexity index is 940. The molecule has 0 saturated carbocycles. The zero-order valence-corrected chi connectivity index (χ0v) is 22.1. The second-order valence-corrected chi connectivity index (χ2v) is 9.82. The molecule has 0 radical (unpaired) electrons. The van der Waals surface area contributed by atoms with Crippen LogP contribution < -0.4 is 0 Å². The van der Waals surface area contributed by atoms with Gasteiger partial charge in [-0.3, -0.25) is 0 Å². The van der Waals surface area contributed by atoms with E-state index in [1.54, 1.807) is 12.1 Å². The molecule has 0 aliphatic heterocycles. The number of benzene rings is 3. The van der Waals surface area contributed by atoms with E-state index in [1.165, 1.54) is 17.2 Å². The molecule has 3 aromatic rings. The summed E-state index contributed by atoms with van der Waals surface area (Å²) in [5, 5.41) is 0. The molecule has 184 valence electrons. The van der Waals surface area contributed by atoms with Crippen molar-refractivity contribution in [3.05, 3.63) is 120 Å². The fourth-order valence-electron chi connectivity index (χ4n) is 3.30. The Morgan fingerprint density at radius 3 is 1.76 bits per heavy atom. The van der Waals surface area contributed by atoms with Crippen LogP contribution in [0.25, 0.3) is 0 Å². The lowest BCUT2D eigenvalue weighted by molar-refractivity contribution is 0.0465. The molecular formula is C32H43FO. The number of allylic oxidation sites excluding steroid dienone is 1. The van der Waals surface area contributed by atoms with Crippen molar-refractivity contribution in [2.24, 2.45) is 0 Å². The molecule has 0 aromatic heterocycles. The van der Waals surface area contributed by atoms with Gasteiger partial charge >= 0.3 is 0 Å². The fraction of sp³-hybridized carbons (Fsp3) is 0.375. The van der Waals surface area contributed by atoms with Gasteiger partial charge in [0.1, 0.15) is 11.4 Å². The third-order valence-corrected chi connectivity index (χ3v) is 5.12. The highest BCUT2D eigenvalue weighted by molar-refractivity contribution is 5.21. The Balaban J connectivity index is 0.000000284. The van der Waals surface area contributed by atoms with E-state index < -0.39 is 0 Å². The number of ether oxygens (including phenoxy) is 1. The third kappa shape index (κ3) is 13.0. The van der Waals surface area contributed by atoms with Crippen LogP contribution in [0.4, 0.5) is 4.39 Å². The number of hydrogen-bond acceptors (Lipinski definition) is 1. The van der Waals surface area contributed by atoms with Crippen molar-refractivity contribution in [1.29, 1.82) is 0 Å². The molecule has 0 amide bonds. The van der Waals surface area contributed by atoms with Crippen molar-refractivity contribution in [2.75, 3.05) is 0 Å². The smallest absolute Gasteiger partial charge is 0.123 e. The van der Waals surface area contributed by atoms with Crippen LogP contribution in [0.15, 0.2) is 97.3 Å². The minimum atomic E-state index is -0.223. The Morgan fingerprint density at radius 1 is 0.824 bits per heavy atom. The van der Waals surface area contributed by atoms with E-state index in [0.29, 0.717) is 12.3 Å². The van der Waals surface area contributed by atoms with Gasteiger partial charge in [0.15, 0.2) is 0 Å². The van der Waals surface area contributed by atoms with Gasteiger partial charge in [0, 0.05) is 6.42 Å². The van der Waals surface area contributed by atoms with Crippen molar-refractivity contribution < 1.29 is 9.13 Å². The summed E-state index contributed by atoms with van der Waals surface area (Å²) in [5.41, 5.74) is 3.58. The number of hydrogen-bond donors (Lipinski definition) is 0. The average molecular weight is 463 g/mol. The van der Waals surface area contributed by atoms with Gasteiger partial charge in [-0.2, -0.15) is 0 Å². The van der Waals surface area contributed by atoms with Crippen LogP contribution in [0.3, 0.4) is 0 Å². The summed E-state index contributed by atoms with van der Waals surface area (Å²) >= 11 is 0. The molecule has 0 heterocycles. The van der Waals surface area contributed by atoms with E-state index in [-0.39, 0.29) is 17.3 Å². The van der Waals surface area contributed by atoms with Gasteiger partial charge in [-0.05, 0) is 67.9 Å². The van der Waals surface area contributed by atoms with Gasteiger partial charge in [-0.1, -0.05) is 107 Å². The van der Waals surface area contributed by atoms with Crippen LogP contribution in [0.5, 0.6) is 0 Å². The van der Waals surface area contributed by atoms with E-state index in [0.717, 1.165) is 17.7 Å². The van der Waals surface area contributed by atoms with E-state index in [4.69, 9.17) is 4.74 Å². The summed E-state index contributed by atoms with van der Waals surface area (Å²) in [6, 6.07) is 27.7. The Kier molecular flexibility index (Phi) is 13.0. The molecule has 1 unspecified atom stereocenters. The highest BCUT2D eigenvalue weighted by Gasteiger charge is 2.15. The maximum Gasteiger partial charge on any atom is 0.123 e. The monoisotopic (exact) mass is 462 g/mol. The molecule has 1 nitrogen and oxygen atoms in total. The molecule has 34 heavy (non-hydrogen) atoms. The van der Waals surface area contributed by atoms with Crippen LogP contribution >= 0.6 is 0 Å². The van der Waals surface area contributed by atoms with Gasteiger partial charge in [0.05, 0.1) is 5.76 Å². The number of aryl methyl sites for hydroxylation is 1. The second kappa shape index (κ2) is 15.1. The predicted octanol–water partition coefficient (Wildman–Crippen LogP) is 9.71. The predicted molar refractivity (Wildman–Crippen MR) is 146 cm³/mol. The lowest BCUT2D eigenvalue weighted by Crippen LogP contribution is -2.18. The SMILES string of the molecule is C=C(CC(C)c1cccc(F)c1)OC(C)(C)C.CC(C)c1ccccc1.CCc1ccccc1. The van der Waals surface area contributed by atoms with Crippen LogP contribution in [0, 0.1) is 5.82 Å². The quantitative estimate of drug-likeness (QED) is 0.331. The van der Waals surface area contributed by atoms with E-state index in [1.807, 2.05) is 45.9 Å². The highest BCUT2D eigenvalue weighted by atomic mass is 19.1. The molecule has 0 spiro atoms. The molecule has 3 aromatic carbocycles. The van der Waals surface area contributed by atoms with Crippen molar-refractivity contribution in [3.8, 4) is 0 Å². The fourth-order valence-corrected chi connectivity index (χ4v) is 3.30. The Morgan fingerprint density at radius 2 is 1.35 bits per heavy atom.